The second-order valence-corrected chi connectivity index (χ2v) is 2.10. The molecule has 0 bridgehead atoms. The minimum atomic E-state index is -0.265. The predicted molar refractivity (Wildman–Crippen MR) is 41.9 cm³/mol. The summed E-state index contributed by atoms with van der Waals surface area (Å²) in [6, 6.07) is -0.265. The summed E-state index contributed by atoms with van der Waals surface area (Å²) in [5.41, 5.74) is 0. The lowest BCUT2D eigenvalue weighted by molar-refractivity contribution is -0.146. The number of halogens is 1. The lowest BCUT2D eigenvalue weighted by atomic mass is 10.3. The van der Waals surface area contributed by atoms with E-state index >= 15 is 0 Å². The van der Waals surface area contributed by atoms with Crippen LogP contribution in [0.3, 0.4) is 0 Å². The van der Waals surface area contributed by atoms with E-state index in [1.807, 2.05) is 0 Å². The summed E-state index contributed by atoms with van der Waals surface area (Å²) in [6.45, 7) is 1.82. The van der Waals surface area contributed by atoms with Gasteiger partial charge in [-0.05, 0) is 0 Å². The largest absolute Gasteiger partial charge is 0.468 e. The maximum Gasteiger partial charge on any atom is 0.325 e. The molecule has 1 N–H and O–H groups in total. The molecule has 1 atom stereocenters. The van der Waals surface area contributed by atoms with Crippen molar-refractivity contribution in [1.29, 1.82) is 0 Å². The predicted octanol–water partition coefficient (Wildman–Crippen LogP) is -0.430. The SMILES string of the molecule is COC(=O)[C@@H]1COCCN1.Cl. The quantitative estimate of drug-likeness (QED) is 0.558. The topological polar surface area (TPSA) is 47.6 Å². The minimum absolute atomic E-state index is 0. The molecule has 1 fully saturated rings. The van der Waals surface area contributed by atoms with Crippen LogP contribution in [0.1, 0.15) is 0 Å². The molecule has 0 amide bonds. The molecule has 0 aromatic rings. The Kier molecular flexibility index (Phi) is 5.19. The van der Waals surface area contributed by atoms with Crippen molar-refractivity contribution in [2.24, 2.45) is 0 Å². The Morgan fingerprint density at radius 3 is 2.91 bits per heavy atom. The highest BCUT2D eigenvalue weighted by molar-refractivity contribution is 5.85. The van der Waals surface area contributed by atoms with Gasteiger partial charge in [0.15, 0.2) is 0 Å². The summed E-state index contributed by atoms with van der Waals surface area (Å²) in [4.78, 5) is 10.8. The number of hydrogen-bond donors (Lipinski definition) is 1. The summed E-state index contributed by atoms with van der Waals surface area (Å²) in [6.07, 6.45) is 0. The molecule has 0 aromatic carbocycles. The van der Waals surface area contributed by atoms with Crippen molar-refractivity contribution < 1.29 is 14.3 Å². The summed E-state index contributed by atoms with van der Waals surface area (Å²) in [5, 5.41) is 2.97. The van der Waals surface area contributed by atoms with Gasteiger partial charge in [-0.15, -0.1) is 12.4 Å². The molecular weight excluding hydrogens is 170 g/mol. The van der Waals surface area contributed by atoms with Crippen LogP contribution >= 0.6 is 12.4 Å². The van der Waals surface area contributed by atoms with Gasteiger partial charge in [0.1, 0.15) is 6.04 Å². The number of nitrogens with one attached hydrogen (secondary N) is 1. The molecule has 1 aliphatic heterocycles. The van der Waals surface area contributed by atoms with Crippen LogP contribution in [0.5, 0.6) is 0 Å². The lowest BCUT2D eigenvalue weighted by Crippen LogP contribution is -2.46. The van der Waals surface area contributed by atoms with E-state index in [4.69, 9.17) is 4.74 Å². The van der Waals surface area contributed by atoms with Crippen molar-refractivity contribution in [3.05, 3.63) is 0 Å². The van der Waals surface area contributed by atoms with E-state index in [2.05, 4.69) is 10.1 Å². The van der Waals surface area contributed by atoms with Gasteiger partial charge in [0.05, 0.1) is 20.3 Å². The molecule has 1 heterocycles. The Morgan fingerprint density at radius 1 is 1.73 bits per heavy atom. The summed E-state index contributed by atoms with van der Waals surface area (Å²) >= 11 is 0. The van der Waals surface area contributed by atoms with Gasteiger partial charge < -0.3 is 14.8 Å². The van der Waals surface area contributed by atoms with Crippen molar-refractivity contribution in [1.82, 2.24) is 5.32 Å². The third-order valence-corrected chi connectivity index (χ3v) is 1.41. The van der Waals surface area contributed by atoms with Crippen molar-refractivity contribution in [2.45, 2.75) is 6.04 Å². The van der Waals surface area contributed by atoms with Gasteiger partial charge in [-0.1, -0.05) is 0 Å². The number of carbonyl (C=O) groups is 1. The van der Waals surface area contributed by atoms with Crippen molar-refractivity contribution >= 4 is 18.4 Å². The van der Waals surface area contributed by atoms with E-state index in [-0.39, 0.29) is 24.4 Å². The molecule has 0 unspecified atom stereocenters. The molecule has 4 nitrogen and oxygen atoms in total. The molecule has 0 radical (unpaired) electrons. The molecule has 66 valence electrons. The summed E-state index contributed by atoms with van der Waals surface area (Å²) < 4.78 is 9.55. The number of morpholine rings is 1. The standard InChI is InChI=1S/C6H11NO3.ClH/c1-9-6(8)5-4-10-3-2-7-5;/h5,7H,2-4H2,1H3;1H/t5-;/m0./s1. The second kappa shape index (κ2) is 5.35. The number of carbonyl (C=O) groups excluding carboxylic acids is 1. The zero-order valence-electron chi connectivity index (χ0n) is 6.33. The second-order valence-electron chi connectivity index (χ2n) is 2.10. The Morgan fingerprint density at radius 2 is 2.45 bits per heavy atom. The fourth-order valence-electron chi connectivity index (χ4n) is 0.859. The van der Waals surface area contributed by atoms with E-state index in [1.165, 1.54) is 7.11 Å². The third-order valence-electron chi connectivity index (χ3n) is 1.41. The van der Waals surface area contributed by atoms with Crippen LogP contribution in [-0.2, 0) is 14.3 Å². The van der Waals surface area contributed by atoms with Crippen LogP contribution in [0.15, 0.2) is 0 Å². The lowest BCUT2D eigenvalue weighted by Gasteiger charge is -2.20. The van der Waals surface area contributed by atoms with Gasteiger partial charge in [-0.2, -0.15) is 0 Å². The molecule has 1 saturated heterocycles. The first-order valence-electron chi connectivity index (χ1n) is 3.23. The maximum atomic E-state index is 10.8. The van der Waals surface area contributed by atoms with Gasteiger partial charge in [-0.25, -0.2) is 0 Å². The molecular formula is C6H12ClNO3. The molecule has 1 aliphatic rings. The van der Waals surface area contributed by atoms with E-state index in [1.54, 1.807) is 0 Å². The first-order chi connectivity index (χ1) is 4.84. The zero-order valence-corrected chi connectivity index (χ0v) is 7.15. The Hall–Kier alpha value is -0.320. The van der Waals surface area contributed by atoms with Crippen LogP contribution < -0.4 is 5.32 Å². The minimum Gasteiger partial charge on any atom is -0.468 e. The van der Waals surface area contributed by atoms with Crippen molar-refractivity contribution in [3.63, 3.8) is 0 Å². The average Bonchev–Trinajstić information content (AvgIpc) is 2.05. The van der Waals surface area contributed by atoms with Crippen molar-refractivity contribution in [3.8, 4) is 0 Å². The van der Waals surface area contributed by atoms with Gasteiger partial charge in [0, 0.05) is 6.54 Å². The first kappa shape index (κ1) is 10.7. The first-order valence-corrected chi connectivity index (χ1v) is 3.23. The van der Waals surface area contributed by atoms with Crippen LogP contribution in [0.2, 0.25) is 0 Å². The molecule has 0 saturated carbocycles. The average molecular weight is 182 g/mol. The number of hydrogen-bond acceptors (Lipinski definition) is 4. The van der Waals surface area contributed by atoms with Crippen LogP contribution in [0.4, 0.5) is 0 Å². The molecule has 1 rings (SSSR count). The third kappa shape index (κ3) is 3.05. The monoisotopic (exact) mass is 181 g/mol. The Labute approximate surface area is 71.6 Å². The molecule has 11 heavy (non-hydrogen) atoms. The number of rotatable bonds is 1. The number of methoxy groups -OCH3 is 1. The highest BCUT2D eigenvalue weighted by Gasteiger charge is 2.20. The number of ether oxygens (including phenoxy) is 2. The normalized spacial score (nSPS) is 23.5. The smallest absolute Gasteiger partial charge is 0.325 e. The summed E-state index contributed by atoms with van der Waals surface area (Å²) in [5.74, 6) is -0.250. The van der Waals surface area contributed by atoms with E-state index < -0.39 is 0 Å². The molecule has 0 aromatic heterocycles. The van der Waals surface area contributed by atoms with E-state index in [0.717, 1.165) is 6.54 Å². The number of esters is 1. The van der Waals surface area contributed by atoms with Crippen molar-refractivity contribution in [2.75, 3.05) is 26.9 Å². The Bertz CT molecular complexity index is 125. The summed E-state index contributed by atoms with van der Waals surface area (Å²) in [7, 11) is 1.37. The maximum absolute atomic E-state index is 10.8. The molecule has 0 spiro atoms. The van der Waals surface area contributed by atoms with Gasteiger partial charge in [0.2, 0.25) is 0 Å². The highest BCUT2D eigenvalue weighted by atomic mass is 35.5. The van der Waals surface area contributed by atoms with Crippen LogP contribution in [0.25, 0.3) is 0 Å². The van der Waals surface area contributed by atoms with Crippen LogP contribution in [0, 0.1) is 0 Å². The van der Waals surface area contributed by atoms with E-state index in [9.17, 15) is 4.79 Å². The fraction of sp³-hybridized carbons (Fsp3) is 0.833. The molecule has 5 heteroatoms. The van der Waals surface area contributed by atoms with Crippen LogP contribution in [-0.4, -0.2) is 38.9 Å². The van der Waals surface area contributed by atoms with Gasteiger partial charge in [-0.3, -0.25) is 4.79 Å². The highest BCUT2D eigenvalue weighted by Crippen LogP contribution is 1.94. The fourth-order valence-corrected chi connectivity index (χ4v) is 0.859. The zero-order chi connectivity index (χ0) is 7.40. The van der Waals surface area contributed by atoms with E-state index in [0.29, 0.717) is 13.2 Å². The van der Waals surface area contributed by atoms with Gasteiger partial charge in [0.25, 0.3) is 0 Å². The molecule has 0 aliphatic carbocycles. The Balaban J connectivity index is 0.000001000. The van der Waals surface area contributed by atoms with Gasteiger partial charge >= 0.3 is 5.97 Å².